The predicted octanol–water partition coefficient (Wildman–Crippen LogP) is 5.01. The summed E-state index contributed by atoms with van der Waals surface area (Å²) in [5.74, 6) is 0.250. The maximum atomic E-state index is 12.3. The molecule has 1 amide bonds. The van der Waals surface area contributed by atoms with Gasteiger partial charge in [0.05, 0.1) is 20.0 Å². The maximum absolute atomic E-state index is 12.3. The summed E-state index contributed by atoms with van der Waals surface area (Å²) in [6.07, 6.45) is 7.25. The van der Waals surface area contributed by atoms with Crippen molar-refractivity contribution in [2.45, 2.75) is 58.9 Å². The van der Waals surface area contributed by atoms with E-state index >= 15 is 0 Å². The van der Waals surface area contributed by atoms with Crippen LogP contribution in [-0.4, -0.2) is 29.9 Å². The van der Waals surface area contributed by atoms with Crippen molar-refractivity contribution in [1.29, 1.82) is 0 Å². The van der Waals surface area contributed by atoms with Crippen LogP contribution in [0.3, 0.4) is 0 Å². The van der Waals surface area contributed by atoms with E-state index in [0.29, 0.717) is 35.9 Å². The Kier molecular flexibility index (Phi) is 13.0. The Balaban J connectivity index is 1.76. The highest BCUT2D eigenvalue weighted by atomic mass is 32.1. The minimum Gasteiger partial charge on any atom is -0.493 e. The lowest BCUT2D eigenvalue weighted by Gasteiger charge is -2.12. The molecule has 0 heterocycles. The zero-order valence-corrected chi connectivity index (χ0v) is 23.0. The molecule has 8 nitrogen and oxygen atoms in total. The largest absolute Gasteiger partial charge is 0.493 e. The number of carbonyl (C=O) groups is 3. The third kappa shape index (κ3) is 11.6. The van der Waals surface area contributed by atoms with Crippen LogP contribution in [0.5, 0.6) is 17.2 Å². The summed E-state index contributed by atoms with van der Waals surface area (Å²) in [6.45, 7) is 4.61. The fourth-order valence-electron chi connectivity index (χ4n) is 3.36. The van der Waals surface area contributed by atoms with Gasteiger partial charge in [-0.15, -0.1) is 0 Å². The molecule has 0 aliphatic rings. The quantitative estimate of drug-likeness (QED) is 0.106. The Bertz CT molecular complexity index is 1130. The number of nitrogens with one attached hydrogen (secondary N) is 1. The number of nitrogens with two attached hydrogens (primary N) is 1. The minimum absolute atomic E-state index is 0.0158. The van der Waals surface area contributed by atoms with Gasteiger partial charge in [-0.2, -0.15) is 0 Å². The van der Waals surface area contributed by atoms with Crippen molar-refractivity contribution < 1.29 is 28.6 Å². The summed E-state index contributed by atoms with van der Waals surface area (Å²) >= 11 is 4.89. The van der Waals surface area contributed by atoms with E-state index in [-0.39, 0.29) is 29.5 Å². The molecule has 204 valence electrons. The van der Waals surface area contributed by atoms with Crippen LogP contribution < -0.4 is 25.3 Å². The molecule has 0 fully saturated rings. The molecule has 9 heteroatoms. The van der Waals surface area contributed by atoms with Gasteiger partial charge in [0.15, 0.2) is 11.5 Å². The van der Waals surface area contributed by atoms with E-state index in [9.17, 15) is 14.4 Å². The Morgan fingerprint density at radius 3 is 2.26 bits per heavy atom. The molecule has 0 radical (unpaired) electrons. The predicted molar refractivity (Wildman–Crippen MR) is 150 cm³/mol. The first-order valence-electron chi connectivity index (χ1n) is 12.6. The Hall–Kier alpha value is -3.72. The van der Waals surface area contributed by atoms with Gasteiger partial charge in [0.25, 0.3) is 0 Å². The smallest absolute Gasteiger partial charge is 0.311 e. The number of unbranched alkanes of at least 4 members (excludes halogenated alkanes) is 2. The Labute approximate surface area is 229 Å². The summed E-state index contributed by atoms with van der Waals surface area (Å²) in [4.78, 5) is 36.7. The third-order valence-corrected chi connectivity index (χ3v) is 5.63. The molecule has 0 aliphatic carbocycles. The Morgan fingerprint density at radius 2 is 1.63 bits per heavy atom. The highest BCUT2D eigenvalue weighted by Crippen LogP contribution is 2.28. The van der Waals surface area contributed by atoms with Gasteiger partial charge in [-0.1, -0.05) is 44.3 Å². The molecular formula is C29H36N2O6S. The van der Waals surface area contributed by atoms with Gasteiger partial charge in [0.1, 0.15) is 10.7 Å². The second-order valence-electron chi connectivity index (χ2n) is 9.02. The van der Waals surface area contributed by atoms with Crippen LogP contribution in [0, 0.1) is 5.92 Å². The first-order valence-corrected chi connectivity index (χ1v) is 13.0. The van der Waals surface area contributed by atoms with Crippen molar-refractivity contribution in [2.24, 2.45) is 11.7 Å². The molecule has 0 saturated heterocycles. The molecule has 3 N–H and O–H groups in total. The van der Waals surface area contributed by atoms with Crippen molar-refractivity contribution in [2.75, 3.05) is 7.11 Å². The lowest BCUT2D eigenvalue weighted by Crippen LogP contribution is -2.22. The van der Waals surface area contributed by atoms with Crippen LogP contribution in [-0.2, 0) is 20.9 Å². The SMILES string of the molecule is COc1cc(CNC(=O)CCCC/C=C/C(C)C)ccc1OC(=O)CCC(=O)Oc1ccc(C(N)=S)cc1. The molecule has 0 saturated carbocycles. The van der Waals surface area contributed by atoms with Crippen molar-refractivity contribution in [3.05, 3.63) is 65.7 Å². The second-order valence-corrected chi connectivity index (χ2v) is 9.46. The minimum atomic E-state index is -0.603. The van der Waals surface area contributed by atoms with Crippen LogP contribution in [0.1, 0.15) is 63.5 Å². The van der Waals surface area contributed by atoms with Gasteiger partial charge >= 0.3 is 11.9 Å². The van der Waals surface area contributed by atoms with Crippen LogP contribution in [0.4, 0.5) is 0 Å². The molecule has 0 unspecified atom stereocenters. The zero-order chi connectivity index (χ0) is 27.9. The number of carbonyl (C=O) groups excluding carboxylic acids is 3. The fraction of sp³-hybridized carbons (Fsp3) is 0.379. The number of benzene rings is 2. The molecule has 0 spiro atoms. The van der Waals surface area contributed by atoms with Gasteiger partial charge in [0, 0.05) is 18.5 Å². The molecule has 0 atom stereocenters. The molecule has 0 aliphatic heterocycles. The van der Waals surface area contributed by atoms with Gasteiger partial charge in [-0.25, -0.2) is 0 Å². The number of hydrogen-bond donors (Lipinski definition) is 2. The van der Waals surface area contributed by atoms with Gasteiger partial charge in [-0.05, 0) is 67.1 Å². The number of ether oxygens (including phenoxy) is 3. The topological polar surface area (TPSA) is 117 Å². The molecule has 38 heavy (non-hydrogen) atoms. The fourth-order valence-corrected chi connectivity index (χ4v) is 3.50. The standard InChI is InChI=1S/C29H36N2O6S/c1-20(2)8-6-4-5-7-9-26(32)31-19-21-10-15-24(25(18-21)35-3)37-28(34)17-16-27(33)36-23-13-11-22(12-14-23)29(30)38/h6,8,10-15,18,20H,4-5,7,9,16-17,19H2,1-3H3,(H2,30,38)(H,31,32)/b8-6+. The van der Waals surface area contributed by atoms with E-state index in [1.54, 1.807) is 42.5 Å². The molecule has 0 bridgehead atoms. The Morgan fingerprint density at radius 1 is 0.947 bits per heavy atom. The number of hydrogen-bond acceptors (Lipinski definition) is 7. The summed E-state index contributed by atoms with van der Waals surface area (Å²) in [6, 6.07) is 11.5. The second kappa shape index (κ2) is 16.2. The number of amides is 1. The van der Waals surface area contributed by atoms with Crippen LogP contribution in [0.15, 0.2) is 54.6 Å². The molecule has 2 aromatic carbocycles. The summed E-state index contributed by atoms with van der Waals surface area (Å²) in [5, 5.41) is 2.90. The lowest BCUT2D eigenvalue weighted by molar-refractivity contribution is -0.140. The van der Waals surface area contributed by atoms with E-state index in [0.717, 1.165) is 24.8 Å². The normalized spacial score (nSPS) is 10.8. The highest BCUT2D eigenvalue weighted by Gasteiger charge is 2.14. The van der Waals surface area contributed by atoms with Crippen LogP contribution in [0.25, 0.3) is 0 Å². The van der Waals surface area contributed by atoms with Crippen LogP contribution >= 0.6 is 12.2 Å². The maximum Gasteiger partial charge on any atom is 0.311 e. The molecule has 2 rings (SSSR count). The van der Waals surface area contributed by atoms with Crippen molar-refractivity contribution in [3.8, 4) is 17.2 Å². The summed E-state index contributed by atoms with van der Waals surface area (Å²) in [5.41, 5.74) is 7.01. The summed E-state index contributed by atoms with van der Waals surface area (Å²) < 4.78 is 15.9. The number of rotatable bonds is 15. The number of methoxy groups -OCH3 is 1. The lowest BCUT2D eigenvalue weighted by atomic mass is 10.1. The van der Waals surface area contributed by atoms with Gasteiger partial charge in [0.2, 0.25) is 5.91 Å². The zero-order valence-electron chi connectivity index (χ0n) is 22.2. The monoisotopic (exact) mass is 540 g/mol. The van der Waals surface area contributed by atoms with Crippen molar-refractivity contribution >= 4 is 35.1 Å². The van der Waals surface area contributed by atoms with Gasteiger partial charge < -0.3 is 25.3 Å². The first kappa shape index (κ1) is 30.5. The third-order valence-electron chi connectivity index (χ3n) is 5.39. The van der Waals surface area contributed by atoms with E-state index in [1.807, 2.05) is 0 Å². The number of esters is 2. The number of allylic oxidation sites excluding steroid dienone is 2. The average molecular weight is 541 g/mol. The first-order chi connectivity index (χ1) is 18.2. The van der Waals surface area contributed by atoms with Crippen molar-refractivity contribution in [3.63, 3.8) is 0 Å². The summed E-state index contributed by atoms with van der Waals surface area (Å²) in [7, 11) is 1.46. The van der Waals surface area contributed by atoms with Crippen LogP contribution in [0.2, 0.25) is 0 Å². The van der Waals surface area contributed by atoms with E-state index in [2.05, 4.69) is 31.3 Å². The average Bonchev–Trinajstić information content (AvgIpc) is 2.89. The highest BCUT2D eigenvalue weighted by molar-refractivity contribution is 7.80. The van der Waals surface area contributed by atoms with Gasteiger partial charge in [-0.3, -0.25) is 14.4 Å². The van der Waals surface area contributed by atoms with Crippen molar-refractivity contribution in [1.82, 2.24) is 5.32 Å². The number of thiocarbonyl (C=S) groups is 1. The molecular weight excluding hydrogens is 504 g/mol. The van der Waals surface area contributed by atoms with E-state index < -0.39 is 11.9 Å². The van der Waals surface area contributed by atoms with E-state index in [4.69, 9.17) is 32.2 Å². The molecule has 2 aromatic rings. The van der Waals surface area contributed by atoms with E-state index in [1.165, 1.54) is 7.11 Å². The molecule has 0 aromatic heterocycles.